The molecule has 8 heteroatoms. The molecule has 7 rings (SSSR count). The molecule has 0 amide bonds. The van der Waals surface area contributed by atoms with Crippen LogP contribution in [-0.4, -0.2) is 31.1 Å². The average Bonchev–Trinajstić information content (AvgIpc) is 3.61. The number of nitrogens with one attached hydrogen (secondary N) is 2. The molecular formula is C40H30N6O2. The smallest absolute Gasteiger partial charge is 0.232 e. The maximum Gasteiger partial charge on any atom is 0.232 e. The molecule has 0 radical (unpaired) electrons. The number of rotatable bonds is 11. The number of aromatic nitrogens is 4. The number of ketones is 2. The number of carbonyl (C=O) groups excluding carboxylic acids is 2. The fraction of sp³-hybridized carbons (Fsp3) is 0.0250. The molecule has 0 bridgehead atoms. The minimum atomic E-state index is -0.0493. The third kappa shape index (κ3) is 6.93. The molecule has 2 N–H and O–H groups in total. The first-order valence-electron chi connectivity index (χ1n) is 15.5. The Morgan fingerprint density at radius 3 is 1.40 bits per heavy atom. The van der Waals surface area contributed by atoms with Crippen LogP contribution in [0.5, 0.6) is 0 Å². The van der Waals surface area contributed by atoms with Gasteiger partial charge in [0, 0.05) is 46.4 Å². The monoisotopic (exact) mass is 626 g/mol. The lowest BCUT2D eigenvalue weighted by Gasteiger charge is -2.13. The Bertz CT molecular complexity index is 2050. The molecule has 0 aliphatic rings. The van der Waals surface area contributed by atoms with Crippen molar-refractivity contribution in [3.63, 3.8) is 0 Å². The van der Waals surface area contributed by atoms with E-state index in [1.54, 1.807) is 48.5 Å². The zero-order valence-corrected chi connectivity index (χ0v) is 25.8. The summed E-state index contributed by atoms with van der Waals surface area (Å²) in [5.41, 5.74) is 5.82. The third-order valence-electron chi connectivity index (χ3n) is 7.77. The summed E-state index contributed by atoms with van der Waals surface area (Å²) in [5, 5.41) is 6.56. The van der Waals surface area contributed by atoms with Gasteiger partial charge in [0.1, 0.15) is 0 Å². The van der Waals surface area contributed by atoms with Crippen molar-refractivity contribution in [3.05, 3.63) is 186 Å². The molecule has 0 saturated heterocycles. The average molecular weight is 627 g/mol. The molecule has 0 unspecified atom stereocenters. The lowest BCUT2D eigenvalue weighted by Crippen LogP contribution is -2.08. The highest BCUT2D eigenvalue weighted by molar-refractivity contribution is 6.09. The molecule has 5 aromatic carbocycles. The number of anilines is 4. The second-order valence-electron chi connectivity index (χ2n) is 11.1. The topological polar surface area (TPSA) is 102 Å². The van der Waals surface area contributed by atoms with Gasteiger partial charge in [-0.05, 0) is 66.2 Å². The van der Waals surface area contributed by atoms with E-state index < -0.39 is 0 Å². The zero-order chi connectivity index (χ0) is 32.7. The summed E-state index contributed by atoms with van der Waals surface area (Å²) in [7, 11) is 0. The van der Waals surface area contributed by atoms with Crippen LogP contribution in [0.2, 0.25) is 0 Å². The van der Waals surface area contributed by atoms with Gasteiger partial charge in [-0.15, -0.1) is 0 Å². The molecular weight excluding hydrogens is 596 g/mol. The lowest BCUT2D eigenvalue weighted by atomic mass is 10.0. The van der Waals surface area contributed by atoms with Crippen LogP contribution >= 0.6 is 0 Å². The molecule has 2 aromatic heterocycles. The number of hydrogen-bond acceptors (Lipinski definition) is 7. The fourth-order valence-electron chi connectivity index (χ4n) is 5.32. The number of carbonyl (C=O) groups is 2. The van der Waals surface area contributed by atoms with Crippen molar-refractivity contribution in [1.29, 1.82) is 0 Å². The molecule has 0 aliphatic heterocycles. The molecule has 8 nitrogen and oxygen atoms in total. The third-order valence-corrected chi connectivity index (χ3v) is 7.77. The normalized spacial score (nSPS) is 10.8. The Hall–Kier alpha value is -6.67. The maximum absolute atomic E-state index is 12.9. The Morgan fingerprint density at radius 1 is 0.479 bits per heavy atom. The summed E-state index contributed by atoms with van der Waals surface area (Å²) in [6, 6.07) is 46.9. The highest BCUT2D eigenvalue weighted by Crippen LogP contribution is 2.25. The van der Waals surface area contributed by atoms with Gasteiger partial charge in [-0.25, -0.2) is 0 Å². The van der Waals surface area contributed by atoms with Gasteiger partial charge in [-0.2, -0.15) is 15.0 Å². The maximum atomic E-state index is 12.9. The van der Waals surface area contributed by atoms with E-state index in [2.05, 4.69) is 32.3 Å². The largest absolute Gasteiger partial charge is 0.341 e. The van der Waals surface area contributed by atoms with E-state index in [0.717, 1.165) is 11.3 Å². The van der Waals surface area contributed by atoms with Crippen molar-refractivity contribution >= 4 is 34.8 Å². The molecule has 0 fully saturated rings. The summed E-state index contributed by atoms with van der Waals surface area (Å²) in [6.07, 6.45) is 2.00. The van der Waals surface area contributed by atoms with Crippen LogP contribution < -0.4 is 10.6 Å². The fourth-order valence-corrected chi connectivity index (χ4v) is 5.32. The summed E-state index contributed by atoms with van der Waals surface area (Å²) in [5.74, 6) is 1.03. The first-order chi connectivity index (χ1) is 23.6. The summed E-state index contributed by atoms with van der Waals surface area (Å²) in [4.78, 5) is 40.1. The second-order valence-corrected chi connectivity index (χ2v) is 11.1. The van der Waals surface area contributed by atoms with Crippen LogP contribution in [0.1, 0.15) is 37.4 Å². The predicted octanol–water partition coefficient (Wildman–Crippen LogP) is 8.34. The molecule has 232 valence electrons. The van der Waals surface area contributed by atoms with E-state index in [9.17, 15) is 9.59 Å². The van der Waals surface area contributed by atoms with E-state index in [1.165, 1.54) is 0 Å². The van der Waals surface area contributed by atoms with Crippen molar-refractivity contribution in [2.75, 3.05) is 10.6 Å². The number of nitrogens with zero attached hydrogens (tertiary/aromatic N) is 4. The molecule has 0 spiro atoms. The van der Waals surface area contributed by atoms with Crippen LogP contribution in [-0.2, 0) is 6.54 Å². The first-order valence-corrected chi connectivity index (χ1v) is 15.5. The minimum Gasteiger partial charge on any atom is -0.341 e. The SMILES string of the molecule is O=C(c1ccccc1)c1ccc(Nc2nc(Nc3ccc(C(=O)c4ccccc4)cc3)nc(-c3cccn3Cc3ccccc3)n2)cc1. The number of hydrogen-bond donors (Lipinski definition) is 2. The van der Waals surface area contributed by atoms with Crippen LogP contribution in [0.25, 0.3) is 11.5 Å². The molecule has 0 atom stereocenters. The highest BCUT2D eigenvalue weighted by Gasteiger charge is 2.15. The number of benzene rings is 5. The van der Waals surface area contributed by atoms with Crippen molar-refractivity contribution < 1.29 is 9.59 Å². The van der Waals surface area contributed by atoms with E-state index in [-0.39, 0.29) is 11.6 Å². The zero-order valence-electron chi connectivity index (χ0n) is 25.8. The molecule has 2 heterocycles. The van der Waals surface area contributed by atoms with Gasteiger partial charge >= 0.3 is 0 Å². The van der Waals surface area contributed by atoms with Crippen molar-refractivity contribution in [2.24, 2.45) is 0 Å². The molecule has 7 aromatic rings. The van der Waals surface area contributed by atoms with E-state index >= 15 is 0 Å². The van der Waals surface area contributed by atoms with Gasteiger partial charge < -0.3 is 15.2 Å². The lowest BCUT2D eigenvalue weighted by molar-refractivity contribution is 0.103. The van der Waals surface area contributed by atoms with E-state index in [4.69, 9.17) is 9.97 Å². The second kappa shape index (κ2) is 13.8. The minimum absolute atomic E-state index is 0.0493. The van der Waals surface area contributed by atoms with Crippen molar-refractivity contribution in [3.8, 4) is 11.5 Å². The van der Waals surface area contributed by atoms with Crippen LogP contribution in [0.3, 0.4) is 0 Å². The first kappa shape index (κ1) is 30.0. The van der Waals surface area contributed by atoms with E-state index in [0.29, 0.717) is 57.9 Å². The summed E-state index contributed by atoms with van der Waals surface area (Å²) in [6.45, 7) is 0.647. The predicted molar refractivity (Wildman–Crippen MR) is 188 cm³/mol. The highest BCUT2D eigenvalue weighted by atomic mass is 16.1. The van der Waals surface area contributed by atoms with Crippen molar-refractivity contribution in [1.82, 2.24) is 19.5 Å². The van der Waals surface area contributed by atoms with Gasteiger partial charge in [-0.3, -0.25) is 9.59 Å². The van der Waals surface area contributed by atoms with Crippen LogP contribution in [0.4, 0.5) is 23.3 Å². The molecule has 0 aliphatic carbocycles. The van der Waals surface area contributed by atoms with Crippen molar-refractivity contribution in [2.45, 2.75) is 6.54 Å². The van der Waals surface area contributed by atoms with Crippen LogP contribution in [0, 0.1) is 0 Å². The van der Waals surface area contributed by atoms with Gasteiger partial charge in [0.15, 0.2) is 17.4 Å². The molecule has 48 heavy (non-hydrogen) atoms. The Balaban J connectivity index is 1.17. The molecule has 0 saturated carbocycles. The standard InChI is InChI=1S/C40H30N6O2/c47-36(29-13-6-2-7-14-29)31-18-22-33(23-19-31)41-39-43-38(35-17-10-26-46(35)27-28-11-4-1-5-12-28)44-40(45-39)42-34-24-20-32(21-25-34)37(48)30-15-8-3-9-16-30/h1-26H,27H2,(H2,41,42,43,44,45). The van der Waals surface area contributed by atoms with Gasteiger partial charge in [0.2, 0.25) is 11.9 Å². The summed E-state index contributed by atoms with van der Waals surface area (Å²) < 4.78 is 2.09. The van der Waals surface area contributed by atoms with Gasteiger partial charge in [0.25, 0.3) is 0 Å². The Morgan fingerprint density at radius 2 is 0.917 bits per heavy atom. The Kier molecular flexibility index (Phi) is 8.60. The quantitative estimate of drug-likeness (QED) is 0.139. The Labute approximate surface area is 277 Å². The van der Waals surface area contributed by atoms with Gasteiger partial charge in [0.05, 0.1) is 5.69 Å². The van der Waals surface area contributed by atoms with E-state index in [1.807, 2.05) is 97.2 Å². The summed E-state index contributed by atoms with van der Waals surface area (Å²) >= 11 is 0. The van der Waals surface area contributed by atoms with Crippen LogP contribution in [0.15, 0.2) is 158 Å². The van der Waals surface area contributed by atoms with Gasteiger partial charge in [-0.1, -0.05) is 91.0 Å².